The van der Waals surface area contributed by atoms with Gasteiger partial charge in [-0.1, -0.05) is 0 Å². The lowest BCUT2D eigenvalue weighted by Crippen LogP contribution is -2.44. The number of carbonyl (C=O) groups is 1. The third-order valence-corrected chi connectivity index (χ3v) is 5.00. The number of rotatable bonds is 8. The van der Waals surface area contributed by atoms with Gasteiger partial charge in [0.15, 0.2) is 0 Å². The molecule has 1 atom stereocenters. The molecule has 1 aromatic carbocycles. The van der Waals surface area contributed by atoms with Crippen LogP contribution in [-0.2, 0) is 4.79 Å². The number of carbonyl (C=O) groups excluding carboxylic acids is 1. The monoisotopic (exact) mass is 352 g/mol. The molecule has 0 aliphatic carbocycles. The number of thioether (sulfide) groups is 1. The Balaban J connectivity index is 1.66. The Bertz CT molecular complexity index is 547. The summed E-state index contributed by atoms with van der Waals surface area (Å²) in [5, 5.41) is 16.7. The van der Waals surface area contributed by atoms with Gasteiger partial charge in [-0.3, -0.25) is 14.9 Å². The lowest BCUT2D eigenvalue weighted by atomic mass is 10.3. The Morgan fingerprint density at radius 2 is 2.04 bits per heavy atom. The second kappa shape index (κ2) is 9.61. The van der Waals surface area contributed by atoms with Crippen molar-refractivity contribution in [2.75, 3.05) is 39.3 Å². The standard InChI is InChI=1S/C16H24N4O3S/c1-13(24-15-5-3-14(4-6-15)20(22)23)16(21)18-7-2-10-19-11-8-17-9-12-19/h3-6,13,17H,2,7-12H2,1H3,(H,18,21). The maximum absolute atomic E-state index is 12.1. The normalized spacial score (nSPS) is 16.5. The van der Waals surface area contributed by atoms with Crippen LogP contribution < -0.4 is 10.6 Å². The summed E-state index contributed by atoms with van der Waals surface area (Å²) in [5.41, 5.74) is 0.0596. The lowest BCUT2D eigenvalue weighted by molar-refractivity contribution is -0.384. The highest BCUT2D eigenvalue weighted by atomic mass is 32.2. The molecule has 2 rings (SSSR count). The number of hydrogen-bond acceptors (Lipinski definition) is 6. The summed E-state index contributed by atoms with van der Waals surface area (Å²) in [7, 11) is 0. The van der Waals surface area contributed by atoms with Gasteiger partial charge in [-0.15, -0.1) is 11.8 Å². The molecule has 0 radical (unpaired) electrons. The number of nitro groups is 1. The third-order valence-electron chi connectivity index (χ3n) is 3.89. The van der Waals surface area contributed by atoms with E-state index in [9.17, 15) is 14.9 Å². The van der Waals surface area contributed by atoms with Crippen LogP contribution >= 0.6 is 11.8 Å². The van der Waals surface area contributed by atoms with Crippen molar-refractivity contribution in [2.24, 2.45) is 0 Å². The highest BCUT2D eigenvalue weighted by Gasteiger charge is 2.15. The average molecular weight is 352 g/mol. The summed E-state index contributed by atoms with van der Waals surface area (Å²) >= 11 is 1.40. The Morgan fingerprint density at radius 1 is 1.38 bits per heavy atom. The van der Waals surface area contributed by atoms with E-state index >= 15 is 0 Å². The molecule has 0 bridgehead atoms. The maximum atomic E-state index is 12.1. The van der Waals surface area contributed by atoms with Crippen molar-refractivity contribution in [3.05, 3.63) is 34.4 Å². The zero-order valence-corrected chi connectivity index (χ0v) is 14.7. The average Bonchev–Trinajstić information content (AvgIpc) is 2.60. The zero-order chi connectivity index (χ0) is 17.4. The van der Waals surface area contributed by atoms with Crippen LogP contribution in [0, 0.1) is 10.1 Å². The second-order valence-corrected chi connectivity index (χ2v) is 7.16. The minimum atomic E-state index is -0.428. The Labute approximate surface area is 146 Å². The number of nitro benzene ring substituents is 1. The van der Waals surface area contributed by atoms with E-state index < -0.39 is 4.92 Å². The summed E-state index contributed by atoms with van der Waals surface area (Å²) in [6.07, 6.45) is 0.945. The summed E-state index contributed by atoms with van der Waals surface area (Å²) in [6, 6.07) is 6.27. The van der Waals surface area contributed by atoms with Crippen molar-refractivity contribution in [1.82, 2.24) is 15.5 Å². The number of nitrogens with zero attached hydrogens (tertiary/aromatic N) is 2. The first kappa shape index (κ1) is 18.7. The first-order valence-corrected chi connectivity index (χ1v) is 9.06. The molecule has 1 unspecified atom stereocenters. The largest absolute Gasteiger partial charge is 0.355 e. The van der Waals surface area contributed by atoms with E-state index in [2.05, 4.69) is 15.5 Å². The lowest BCUT2D eigenvalue weighted by Gasteiger charge is -2.27. The molecule has 0 saturated carbocycles. The van der Waals surface area contributed by atoms with Crippen molar-refractivity contribution >= 4 is 23.4 Å². The highest BCUT2D eigenvalue weighted by Crippen LogP contribution is 2.25. The molecular weight excluding hydrogens is 328 g/mol. The van der Waals surface area contributed by atoms with Gasteiger partial charge >= 0.3 is 0 Å². The molecule has 1 aliphatic rings. The summed E-state index contributed by atoms with van der Waals surface area (Å²) in [4.78, 5) is 25.6. The number of amides is 1. The second-order valence-electron chi connectivity index (χ2n) is 5.75. The molecule has 1 fully saturated rings. The van der Waals surface area contributed by atoms with E-state index in [-0.39, 0.29) is 16.8 Å². The van der Waals surface area contributed by atoms with Crippen LogP contribution in [0.15, 0.2) is 29.2 Å². The van der Waals surface area contributed by atoms with Gasteiger partial charge in [0.1, 0.15) is 0 Å². The first-order chi connectivity index (χ1) is 11.6. The molecule has 7 nitrogen and oxygen atoms in total. The van der Waals surface area contributed by atoms with E-state index in [0.717, 1.165) is 44.0 Å². The Kier molecular flexibility index (Phi) is 7.48. The predicted octanol–water partition coefficient (Wildman–Crippen LogP) is 1.49. The number of benzene rings is 1. The van der Waals surface area contributed by atoms with Crippen LogP contribution in [0.25, 0.3) is 0 Å². The van der Waals surface area contributed by atoms with Crippen molar-refractivity contribution in [3.63, 3.8) is 0 Å². The summed E-state index contributed by atoms with van der Waals surface area (Å²) < 4.78 is 0. The van der Waals surface area contributed by atoms with Crippen LogP contribution in [0.1, 0.15) is 13.3 Å². The van der Waals surface area contributed by atoms with Crippen LogP contribution in [0.5, 0.6) is 0 Å². The van der Waals surface area contributed by atoms with Crippen LogP contribution in [0.4, 0.5) is 5.69 Å². The molecule has 24 heavy (non-hydrogen) atoms. The molecule has 0 aromatic heterocycles. The Hall–Kier alpha value is -1.64. The Morgan fingerprint density at radius 3 is 2.67 bits per heavy atom. The van der Waals surface area contributed by atoms with E-state index in [4.69, 9.17) is 0 Å². The number of piperazine rings is 1. The first-order valence-electron chi connectivity index (χ1n) is 8.18. The number of non-ortho nitro benzene ring substituents is 1. The number of hydrogen-bond donors (Lipinski definition) is 2. The van der Waals surface area contributed by atoms with Gasteiger partial charge in [0.25, 0.3) is 5.69 Å². The summed E-state index contributed by atoms with van der Waals surface area (Å²) in [6.45, 7) is 7.74. The van der Waals surface area contributed by atoms with Gasteiger partial charge in [-0.25, -0.2) is 0 Å². The fraction of sp³-hybridized carbons (Fsp3) is 0.562. The quantitative estimate of drug-likeness (QED) is 0.319. The molecule has 2 N–H and O–H groups in total. The van der Waals surface area contributed by atoms with Crippen LogP contribution in [0.2, 0.25) is 0 Å². The van der Waals surface area contributed by atoms with E-state index in [0.29, 0.717) is 6.54 Å². The van der Waals surface area contributed by atoms with Gasteiger partial charge in [0.05, 0.1) is 10.2 Å². The topological polar surface area (TPSA) is 87.5 Å². The van der Waals surface area contributed by atoms with Crippen molar-refractivity contribution < 1.29 is 9.72 Å². The molecule has 0 spiro atoms. The van der Waals surface area contributed by atoms with E-state index in [1.807, 2.05) is 6.92 Å². The molecular formula is C16H24N4O3S. The van der Waals surface area contributed by atoms with E-state index in [1.54, 1.807) is 12.1 Å². The van der Waals surface area contributed by atoms with Gasteiger partial charge in [0.2, 0.25) is 5.91 Å². The highest BCUT2D eigenvalue weighted by molar-refractivity contribution is 8.00. The molecule has 1 heterocycles. The van der Waals surface area contributed by atoms with Crippen molar-refractivity contribution in [1.29, 1.82) is 0 Å². The molecule has 1 saturated heterocycles. The van der Waals surface area contributed by atoms with Crippen LogP contribution in [0.3, 0.4) is 0 Å². The minimum Gasteiger partial charge on any atom is -0.355 e. The predicted molar refractivity (Wildman–Crippen MR) is 95.4 cm³/mol. The van der Waals surface area contributed by atoms with Gasteiger partial charge in [-0.2, -0.15) is 0 Å². The smallest absolute Gasteiger partial charge is 0.269 e. The van der Waals surface area contributed by atoms with Crippen molar-refractivity contribution in [2.45, 2.75) is 23.5 Å². The van der Waals surface area contributed by atoms with Crippen LogP contribution in [-0.4, -0.2) is 60.2 Å². The molecule has 132 valence electrons. The van der Waals surface area contributed by atoms with Gasteiger partial charge < -0.3 is 15.5 Å². The van der Waals surface area contributed by atoms with E-state index in [1.165, 1.54) is 23.9 Å². The molecule has 1 aliphatic heterocycles. The fourth-order valence-corrected chi connectivity index (χ4v) is 3.39. The summed E-state index contributed by atoms with van der Waals surface area (Å²) in [5.74, 6) is -0.00124. The number of nitrogens with one attached hydrogen (secondary N) is 2. The molecule has 1 aromatic rings. The molecule has 8 heteroatoms. The minimum absolute atomic E-state index is 0.00124. The SMILES string of the molecule is CC(Sc1ccc([N+](=O)[O-])cc1)C(=O)NCCCN1CCNCC1. The van der Waals surface area contributed by atoms with Gasteiger partial charge in [-0.05, 0) is 32.0 Å². The fourth-order valence-electron chi connectivity index (χ4n) is 2.50. The third kappa shape index (κ3) is 6.10. The molecule has 1 amide bonds. The van der Waals surface area contributed by atoms with Crippen molar-refractivity contribution in [3.8, 4) is 0 Å². The maximum Gasteiger partial charge on any atom is 0.269 e. The zero-order valence-electron chi connectivity index (χ0n) is 13.9. The van der Waals surface area contributed by atoms with Gasteiger partial charge in [0, 0.05) is 49.8 Å².